The molecular formula is C30H53NaO3S. The number of unbranched alkanes of at least 4 members (excludes halogenated alkanes) is 15. The maximum atomic E-state index is 12.1. The van der Waals surface area contributed by atoms with Gasteiger partial charge in [-0.3, -0.25) is 0 Å². The maximum absolute atomic E-state index is 12.1. The van der Waals surface area contributed by atoms with Crippen molar-refractivity contribution in [1.29, 1.82) is 0 Å². The zero-order valence-corrected chi connectivity index (χ0v) is 26.5. The Morgan fingerprint density at radius 2 is 0.914 bits per heavy atom. The quantitative estimate of drug-likeness (QED) is 0.103. The van der Waals surface area contributed by atoms with Gasteiger partial charge in [0.15, 0.2) is 0 Å². The number of hydrogen-bond acceptors (Lipinski definition) is 3. The Bertz CT molecular complexity index is 746. The van der Waals surface area contributed by atoms with Gasteiger partial charge >= 0.3 is 29.6 Å². The van der Waals surface area contributed by atoms with E-state index in [1.807, 2.05) is 6.07 Å². The van der Waals surface area contributed by atoms with E-state index in [2.05, 4.69) is 20.8 Å². The molecule has 0 aliphatic rings. The Morgan fingerprint density at radius 1 is 0.543 bits per heavy atom. The van der Waals surface area contributed by atoms with Crippen molar-refractivity contribution in [3.05, 3.63) is 28.8 Å². The summed E-state index contributed by atoms with van der Waals surface area (Å²) in [5, 5.41) is 0. The van der Waals surface area contributed by atoms with Crippen LogP contribution < -0.4 is 29.6 Å². The molecule has 0 radical (unpaired) electrons. The first-order valence-electron chi connectivity index (χ1n) is 14.5. The van der Waals surface area contributed by atoms with E-state index in [1.165, 1.54) is 101 Å². The van der Waals surface area contributed by atoms with Crippen molar-refractivity contribution in [2.75, 3.05) is 0 Å². The van der Waals surface area contributed by atoms with Gasteiger partial charge in [0, 0.05) is 0 Å². The second-order valence-electron chi connectivity index (χ2n) is 10.2. The predicted octanol–water partition coefficient (Wildman–Crippen LogP) is 6.30. The molecule has 1 aromatic carbocycles. The summed E-state index contributed by atoms with van der Waals surface area (Å²) in [5.74, 6) is 0. The molecule has 0 fully saturated rings. The second kappa shape index (κ2) is 22.1. The Hall–Kier alpha value is 0.130. The molecule has 0 saturated carbocycles. The summed E-state index contributed by atoms with van der Waals surface area (Å²) in [4.78, 5) is 0.0498. The first kappa shape index (κ1) is 35.1. The van der Waals surface area contributed by atoms with Gasteiger partial charge in [-0.2, -0.15) is 0 Å². The average molecular weight is 517 g/mol. The molecule has 0 saturated heterocycles. The number of rotatable bonds is 22. The van der Waals surface area contributed by atoms with Crippen LogP contribution in [-0.4, -0.2) is 13.0 Å². The second-order valence-corrected chi connectivity index (χ2v) is 11.5. The molecule has 0 aromatic heterocycles. The number of aryl methyl sites for hydroxylation is 1. The van der Waals surface area contributed by atoms with Gasteiger partial charge in [-0.1, -0.05) is 123 Å². The van der Waals surface area contributed by atoms with Gasteiger partial charge in [-0.25, -0.2) is 8.42 Å². The van der Waals surface area contributed by atoms with E-state index in [4.69, 9.17) is 0 Å². The molecule has 0 N–H and O–H groups in total. The molecule has 5 heteroatoms. The molecule has 198 valence electrons. The molecule has 0 atom stereocenters. The van der Waals surface area contributed by atoms with E-state index in [9.17, 15) is 13.0 Å². The average Bonchev–Trinajstić information content (AvgIpc) is 2.80. The maximum Gasteiger partial charge on any atom is 1.00 e. The Kier molecular flexibility index (Phi) is 22.2. The standard InChI is InChI=1S/C30H54O3S.Na/c1-4-7-10-13-16-19-22-27-25-26-30(34(31,32)33)29(24-21-18-15-12-9-6-3)28(27)23-20-17-14-11-8-5-2;/h25-26H,4-24H2,1-3H3,(H,31,32,33);/q;+1/p-1. The van der Waals surface area contributed by atoms with Crippen molar-refractivity contribution in [2.24, 2.45) is 0 Å². The molecule has 0 amide bonds. The minimum absolute atomic E-state index is 0. The minimum atomic E-state index is -4.45. The smallest absolute Gasteiger partial charge is 0.744 e. The fourth-order valence-electron chi connectivity index (χ4n) is 5.03. The third-order valence-corrected chi connectivity index (χ3v) is 8.04. The van der Waals surface area contributed by atoms with E-state index < -0.39 is 10.1 Å². The van der Waals surface area contributed by atoms with Gasteiger partial charge in [-0.05, 0) is 61.3 Å². The van der Waals surface area contributed by atoms with Crippen molar-refractivity contribution in [3.63, 3.8) is 0 Å². The first-order chi connectivity index (χ1) is 16.5. The summed E-state index contributed by atoms with van der Waals surface area (Å²) >= 11 is 0. The first-order valence-corrected chi connectivity index (χ1v) is 16.0. The number of benzene rings is 1. The van der Waals surface area contributed by atoms with Gasteiger partial charge in [0.05, 0.1) is 4.90 Å². The van der Waals surface area contributed by atoms with E-state index in [0.717, 1.165) is 50.5 Å². The third-order valence-electron chi connectivity index (χ3n) is 7.11. The van der Waals surface area contributed by atoms with E-state index in [1.54, 1.807) is 6.07 Å². The zero-order valence-electron chi connectivity index (χ0n) is 23.6. The molecule has 3 nitrogen and oxygen atoms in total. The van der Waals surface area contributed by atoms with Crippen molar-refractivity contribution in [3.8, 4) is 0 Å². The van der Waals surface area contributed by atoms with E-state index in [0.29, 0.717) is 0 Å². The van der Waals surface area contributed by atoms with Crippen LogP contribution in [0, 0.1) is 0 Å². The van der Waals surface area contributed by atoms with Crippen molar-refractivity contribution in [1.82, 2.24) is 0 Å². The molecule has 0 spiro atoms. The van der Waals surface area contributed by atoms with Crippen LogP contribution in [0.4, 0.5) is 0 Å². The van der Waals surface area contributed by atoms with Gasteiger partial charge in [0.2, 0.25) is 0 Å². The van der Waals surface area contributed by atoms with Gasteiger partial charge < -0.3 is 4.55 Å². The van der Waals surface area contributed by atoms with Crippen LogP contribution in [0.3, 0.4) is 0 Å². The molecule has 0 bridgehead atoms. The van der Waals surface area contributed by atoms with Crippen LogP contribution in [0.5, 0.6) is 0 Å². The third kappa shape index (κ3) is 15.9. The fourth-order valence-corrected chi connectivity index (χ4v) is 5.80. The topological polar surface area (TPSA) is 57.2 Å². The molecule has 0 heterocycles. The Labute approximate surface area is 240 Å². The molecule has 35 heavy (non-hydrogen) atoms. The molecule has 1 aromatic rings. The number of hydrogen-bond donors (Lipinski definition) is 0. The fraction of sp³-hybridized carbons (Fsp3) is 0.800. The summed E-state index contributed by atoms with van der Waals surface area (Å²) in [6.07, 6.45) is 24.5. The summed E-state index contributed by atoms with van der Waals surface area (Å²) in [5.41, 5.74) is 3.33. The van der Waals surface area contributed by atoms with Crippen LogP contribution in [0.1, 0.15) is 153 Å². The summed E-state index contributed by atoms with van der Waals surface area (Å²) in [7, 11) is -4.45. The van der Waals surface area contributed by atoms with Crippen LogP contribution >= 0.6 is 0 Å². The van der Waals surface area contributed by atoms with Crippen LogP contribution in [-0.2, 0) is 29.4 Å². The Balaban J connectivity index is 0.0000116. The predicted molar refractivity (Wildman–Crippen MR) is 146 cm³/mol. The van der Waals surface area contributed by atoms with Crippen LogP contribution in [0.15, 0.2) is 17.0 Å². The van der Waals surface area contributed by atoms with Crippen LogP contribution in [0.2, 0.25) is 0 Å². The van der Waals surface area contributed by atoms with E-state index in [-0.39, 0.29) is 34.5 Å². The summed E-state index contributed by atoms with van der Waals surface area (Å²) in [6, 6.07) is 3.57. The molecule has 0 unspecified atom stereocenters. The Morgan fingerprint density at radius 3 is 1.34 bits per heavy atom. The van der Waals surface area contributed by atoms with E-state index >= 15 is 0 Å². The van der Waals surface area contributed by atoms with Gasteiger partial charge in [-0.15, -0.1) is 0 Å². The van der Waals surface area contributed by atoms with Crippen molar-refractivity contribution in [2.45, 2.75) is 161 Å². The molecule has 1 rings (SSSR count). The molecule has 0 aliphatic carbocycles. The van der Waals surface area contributed by atoms with Gasteiger partial charge in [0.1, 0.15) is 10.1 Å². The largest absolute Gasteiger partial charge is 1.00 e. The van der Waals surface area contributed by atoms with Crippen LogP contribution in [0.25, 0.3) is 0 Å². The monoisotopic (exact) mass is 516 g/mol. The summed E-state index contributed by atoms with van der Waals surface area (Å²) in [6.45, 7) is 6.69. The normalized spacial score (nSPS) is 11.5. The molecule has 0 aliphatic heterocycles. The van der Waals surface area contributed by atoms with Gasteiger partial charge in [0.25, 0.3) is 0 Å². The SMILES string of the molecule is CCCCCCCCc1ccc(S(=O)(=O)[O-])c(CCCCCCCC)c1CCCCCCCC.[Na+]. The minimum Gasteiger partial charge on any atom is -0.744 e. The summed E-state index contributed by atoms with van der Waals surface area (Å²) < 4.78 is 36.4. The van der Waals surface area contributed by atoms with Crippen molar-refractivity contribution < 1.29 is 42.5 Å². The zero-order chi connectivity index (χ0) is 25.1. The molecular weight excluding hydrogens is 463 g/mol. The van der Waals surface area contributed by atoms with Crippen molar-refractivity contribution >= 4 is 10.1 Å².